The fourth-order valence-corrected chi connectivity index (χ4v) is 6.40. The van der Waals surface area contributed by atoms with E-state index in [1.165, 1.54) is 23.8 Å². The van der Waals surface area contributed by atoms with Gasteiger partial charge >= 0.3 is 0 Å². The van der Waals surface area contributed by atoms with Crippen LogP contribution < -0.4 is 19.1 Å². The average molecular weight is 641 g/mol. The number of hydrogen-bond acceptors (Lipinski definition) is 6. The van der Waals surface area contributed by atoms with Crippen molar-refractivity contribution in [2.24, 2.45) is 0 Å². The molecule has 0 bridgehead atoms. The van der Waals surface area contributed by atoms with Crippen molar-refractivity contribution in [2.45, 2.75) is 13.5 Å². The zero-order valence-electron chi connectivity index (χ0n) is 21.1. The van der Waals surface area contributed by atoms with Crippen LogP contribution in [0.15, 0.2) is 82.2 Å². The van der Waals surface area contributed by atoms with Gasteiger partial charge in [0.05, 0.1) is 33.8 Å². The molecule has 0 N–H and O–H groups in total. The predicted octanol–water partition coefficient (Wildman–Crippen LogP) is 8.65. The van der Waals surface area contributed by atoms with Gasteiger partial charge in [-0.25, -0.2) is 0 Å². The van der Waals surface area contributed by atoms with Crippen LogP contribution in [0.2, 0.25) is 5.02 Å². The fourth-order valence-electron chi connectivity index (χ4n) is 4.28. The largest absolute Gasteiger partial charge is 0.495 e. The highest BCUT2D eigenvalue weighted by Gasteiger charge is 2.33. The molecule has 4 aromatic carbocycles. The third kappa shape index (κ3) is 5.79. The fraction of sp³-hybridized carbons (Fsp3) is 0.133. The van der Waals surface area contributed by atoms with Gasteiger partial charge < -0.3 is 14.2 Å². The summed E-state index contributed by atoms with van der Waals surface area (Å²) in [6.07, 6.45) is 1.80. The molecule has 0 atom stereocenters. The van der Waals surface area contributed by atoms with Crippen molar-refractivity contribution in [1.82, 2.24) is 0 Å². The van der Waals surface area contributed by atoms with Crippen molar-refractivity contribution in [2.75, 3.05) is 18.6 Å². The maximum atomic E-state index is 13.3. The van der Waals surface area contributed by atoms with Gasteiger partial charge in [0.15, 0.2) is 15.8 Å². The maximum Gasteiger partial charge on any atom is 0.270 e. The minimum atomic E-state index is -0.225. The third-order valence-electron chi connectivity index (χ3n) is 6.07. The van der Waals surface area contributed by atoms with Gasteiger partial charge in [0.2, 0.25) is 0 Å². The monoisotopic (exact) mass is 639 g/mol. The number of ether oxygens (including phenoxy) is 3. The summed E-state index contributed by atoms with van der Waals surface area (Å²) in [5.41, 5.74) is 2.44. The van der Waals surface area contributed by atoms with E-state index in [2.05, 4.69) is 40.2 Å². The molecule has 1 heterocycles. The summed E-state index contributed by atoms with van der Waals surface area (Å²) in [7, 11) is 1.54. The molecule has 0 saturated carbocycles. The number of methoxy groups -OCH3 is 1. The lowest BCUT2D eigenvalue weighted by molar-refractivity contribution is -0.113. The molecule has 0 radical (unpaired) electrons. The summed E-state index contributed by atoms with van der Waals surface area (Å²) < 4.78 is 18.6. The predicted molar refractivity (Wildman–Crippen MR) is 167 cm³/mol. The van der Waals surface area contributed by atoms with E-state index in [0.29, 0.717) is 50.4 Å². The maximum absolute atomic E-state index is 13.3. The first-order valence-electron chi connectivity index (χ1n) is 12.1. The van der Waals surface area contributed by atoms with Crippen molar-refractivity contribution in [3.05, 3.63) is 98.3 Å². The van der Waals surface area contributed by atoms with E-state index in [4.69, 9.17) is 38.0 Å². The average Bonchev–Trinajstić information content (AvgIpc) is 3.20. The number of thiocarbonyl (C=S) groups is 1. The Bertz CT molecular complexity index is 1620. The van der Waals surface area contributed by atoms with Gasteiger partial charge in [-0.15, -0.1) is 0 Å². The first-order valence-corrected chi connectivity index (χ1v) is 14.5. The number of benzene rings is 4. The van der Waals surface area contributed by atoms with Crippen LogP contribution in [0.1, 0.15) is 18.1 Å². The Hall–Kier alpha value is -3.04. The quantitative estimate of drug-likeness (QED) is 0.142. The number of carbonyl (C=O) groups excluding carboxylic acids is 1. The van der Waals surface area contributed by atoms with Crippen molar-refractivity contribution in [3.63, 3.8) is 0 Å². The molecule has 0 aromatic heterocycles. The Labute approximate surface area is 249 Å². The van der Waals surface area contributed by atoms with E-state index in [1.807, 2.05) is 37.3 Å². The molecule has 198 valence electrons. The minimum Gasteiger partial charge on any atom is -0.495 e. The van der Waals surface area contributed by atoms with Crippen LogP contribution in [-0.2, 0) is 11.4 Å². The number of halogens is 2. The van der Waals surface area contributed by atoms with Crippen molar-refractivity contribution in [3.8, 4) is 17.2 Å². The molecule has 4 aromatic rings. The molecule has 0 aliphatic carbocycles. The molecule has 0 spiro atoms. The van der Waals surface area contributed by atoms with Gasteiger partial charge in [-0.2, -0.15) is 0 Å². The van der Waals surface area contributed by atoms with Crippen LogP contribution in [0, 0.1) is 0 Å². The van der Waals surface area contributed by atoms with Gasteiger partial charge in [-0.05, 0) is 81.2 Å². The summed E-state index contributed by atoms with van der Waals surface area (Å²) >= 11 is 16.7. The number of hydrogen-bond donors (Lipinski definition) is 0. The van der Waals surface area contributed by atoms with E-state index < -0.39 is 0 Å². The first-order chi connectivity index (χ1) is 18.9. The number of anilines is 1. The second kappa shape index (κ2) is 12.0. The third-order valence-corrected chi connectivity index (χ3v) is 8.26. The van der Waals surface area contributed by atoms with Gasteiger partial charge in [-0.1, -0.05) is 78.0 Å². The highest BCUT2D eigenvalue weighted by atomic mass is 79.9. The van der Waals surface area contributed by atoms with Crippen LogP contribution in [0.4, 0.5) is 5.69 Å². The molecule has 1 fully saturated rings. The number of carbonyl (C=O) groups is 1. The first kappa shape index (κ1) is 27.5. The van der Waals surface area contributed by atoms with E-state index in [0.717, 1.165) is 26.4 Å². The number of nitrogens with zero attached hydrogens (tertiary/aromatic N) is 1. The lowest BCUT2D eigenvalue weighted by Crippen LogP contribution is -2.27. The zero-order chi connectivity index (χ0) is 27.5. The zero-order valence-corrected chi connectivity index (χ0v) is 25.0. The molecular weight excluding hydrogens is 618 g/mol. The number of fused-ring (bicyclic) bond motifs is 1. The summed E-state index contributed by atoms with van der Waals surface area (Å²) in [5.74, 6) is 1.48. The second-order valence-electron chi connectivity index (χ2n) is 8.53. The highest BCUT2D eigenvalue weighted by Crippen LogP contribution is 2.41. The minimum absolute atomic E-state index is 0.225. The van der Waals surface area contributed by atoms with Gasteiger partial charge in [-0.3, -0.25) is 9.69 Å². The molecular formula is C30H23BrClNO4S2. The summed E-state index contributed by atoms with van der Waals surface area (Å²) in [5, 5.41) is 2.70. The lowest BCUT2D eigenvalue weighted by atomic mass is 10.1. The van der Waals surface area contributed by atoms with Gasteiger partial charge in [0, 0.05) is 0 Å². The summed E-state index contributed by atoms with van der Waals surface area (Å²) in [6, 6.07) is 23.3. The number of rotatable bonds is 8. The number of amides is 1. The molecule has 5 nitrogen and oxygen atoms in total. The molecule has 1 aliphatic rings. The topological polar surface area (TPSA) is 48.0 Å². The Morgan fingerprint density at radius 1 is 1.03 bits per heavy atom. The molecule has 1 aliphatic heterocycles. The molecule has 5 rings (SSSR count). The van der Waals surface area contributed by atoms with E-state index in [9.17, 15) is 4.79 Å². The van der Waals surface area contributed by atoms with Gasteiger partial charge in [0.25, 0.3) is 5.91 Å². The van der Waals surface area contributed by atoms with Crippen LogP contribution in [-0.4, -0.2) is 23.9 Å². The Morgan fingerprint density at radius 2 is 1.82 bits per heavy atom. The van der Waals surface area contributed by atoms with Gasteiger partial charge in [0.1, 0.15) is 12.4 Å². The molecule has 1 amide bonds. The van der Waals surface area contributed by atoms with Crippen LogP contribution in [0.3, 0.4) is 0 Å². The van der Waals surface area contributed by atoms with Crippen LogP contribution in [0.25, 0.3) is 16.8 Å². The Morgan fingerprint density at radius 3 is 2.59 bits per heavy atom. The molecule has 39 heavy (non-hydrogen) atoms. The van der Waals surface area contributed by atoms with Crippen molar-refractivity contribution in [1.29, 1.82) is 0 Å². The van der Waals surface area contributed by atoms with Crippen molar-refractivity contribution < 1.29 is 19.0 Å². The second-order valence-corrected chi connectivity index (χ2v) is 11.5. The summed E-state index contributed by atoms with van der Waals surface area (Å²) in [6.45, 7) is 2.75. The summed E-state index contributed by atoms with van der Waals surface area (Å²) in [4.78, 5) is 15.3. The van der Waals surface area contributed by atoms with Crippen molar-refractivity contribution >= 4 is 84.3 Å². The SMILES string of the molecule is CCOc1cc(/C=C2/SC(=S)N(c3ccc(OC)c(Cl)c3)C2=O)cc(Br)c1OCc1cccc2ccccc12. The van der Waals surface area contributed by atoms with E-state index in [-0.39, 0.29) is 5.91 Å². The standard InChI is InChI=1S/C30H23BrClNO4S2/c1-3-36-26-14-18(13-23(31)28(26)37-17-20-9-6-8-19-7-4-5-10-22(19)20)15-27-29(34)33(30(38)39-27)21-11-12-25(35-2)24(32)16-21/h4-16H,3,17H2,1-2H3/b27-15+. The molecule has 9 heteroatoms. The Balaban J connectivity index is 1.41. The lowest BCUT2D eigenvalue weighted by Gasteiger charge is -2.16. The van der Waals surface area contributed by atoms with E-state index >= 15 is 0 Å². The van der Waals surface area contributed by atoms with Crippen LogP contribution >= 0.6 is 51.5 Å². The number of thioether (sulfide) groups is 1. The van der Waals surface area contributed by atoms with Crippen LogP contribution in [0.5, 0.6) is 17.2 Å². The molecule has 1 saturated heterocycles. The van der Waals surface area contributed by atoms with E-state index in [1.54, 1.807) is 24.3 Å². The Kier molecular flexibility index (Phi) is 8.47. The highest BCUT2D eigenvalue weighted by molar-refractivity contribution is 9.10. The molecule has 0 unspecified atom stereocenters. The smallest absolute Gasteiger partial charge is 0.270 e. The normalized spacial score (nSPS) is 14.4.